The fraction of sp³-hybridized carbons (Fsp3) is 0.560. The predicted octanol–water partition coefficient (Wildman–Crippen LogP) is 4.25. The Balaban J connectivity index is 1.17. The maximum atomic E-state index is 13.0. The summed E-state index contributed by atoms with van der Waals surface area (Å²) in [5.74, 6) is 2.47. The molecular weight excluding hydrogens is 404 g/mol. The predicted molar refractivity (Wildman–Crippen MR) is 121 cm³/mol. The standard InChI is InChI=1S/C25H32N4O3/c1-17(2)24-27-22(28-32-24)13-18-7-12-31-25(15-18)8-10-29(11-9-25)23(30)14-19-16-26-21-6-4-3-5-20(19)21/h3-6,16-18,26H,7-15H2,1-2H3. The van der Waals surface area contributed by atoms with Gasteiger partial charge in [0.15, 0.2) is 5.82 Å². The Morgan fingerprint density at radius 1 is 1.28 bits per heavy atom. The number of rotatable bonds is 5. The van der Waals surface area contributed by atoms with Crippen molar-refractivity contribution >= 4 is 16.8 Å². The molecule has 7 heteroatoms. The minimum Gasteiger partial charge on any atom is -0.375 e. The zero-order valence-corrected chi connectivity index (χ0v) is 19.0. The highest BCUT2D eigenvalue weighted by molar-refractivity contribution is 5.88. The number of nitrogens with zero attached hydrogens (tertiary/aromatic N) is 3. The van der Waals surface area contributed by atoms with Crippen LogP contribution in [0.25, 0.3) is 10.9 Å². The lowest BCUT2D eigenvalue weighted by Crippen LogP contribution is -2.51. The topological polar surface area (TPSA) is 84.2 Å². The Hall–Kier alpha value is -2.67. The zero-order valence-electron chi connectivity index (χ0n) is 19.0. The van der Waals surface area contributed by atoms with Crippen LogP contribution in [-0.4, -0.2) is 51.2 Å². The van der Waals surface area contributed by atoms with E-state index in [2.05, 4.69) is 35.0 Å². The molecule has 32 heavy (non-hydrogen) atoms. The molecule has 1 atom stereocenters. The number of likely N-dealkylation sites (tertiary alicyclic amines) is 1. The van der Waals surface area contributed by atoms with Crippen LogP contribution >= 0.6 is 0 Å². The molecule has 5 rings (SSSR count). The number of H-pyrrole nitrogens is 1. The van der Waals surface area contributed by atoms with Crippen molar-refractivity contribution < 1.29 is 14.1 Å². The SMILES string of the molecule is CC(C)c1nc(CC2CCOC3(CCN(C(=O)Cc4c[nH]c5ccccc45)CC3)C2)no1. The van der Waals surface area contributed by atoms with E-state index in [1.54, 1.807) is 0 Å². The summed E-state index contributed by atoms with van der Waals surface area (Å²) in [7, 11) is 0. The third kappa shape index (κ3) is 4.31. The van der Waals surface area contributed by atoms with Gasteiger partial charge < -0.3 is 19.1 Å². The van der Waals surface area contributed by atoms with E-state index in [0.717, 1.165) is 74.1 Å². The van der Waals surface area contributed by atoms with Crippen LogP contribution in [0.2, 0.25) is 0 Å². The van der Waals surface area contributed by atoms with Crippen molar-refractivity contribution in [2.24, 2.45) is 5.92 Å². The lowest BCUT2D eigenvalue weighted by molar-refractivity contribution is -0.146. The number of piperidine rings is 1. The number of fused-ring (bicyclic) bond motifs is 1. The largest absolute Gasteiger partial charge is 0.375 e. The number of hydrogen-bond acceptors (Lipinski definition) is 5. The van der Waals surface area contributed by atoms with Crippen molar-refractivity contribution in [1.29, 1.82) is 0 Å². The Labute approximate surface area is 188 Å². The van der Waals surface area contributed by atoms with Gasteiger partial charge >= 0.3 is 0 Å². The molecule has 1 amide bonds. The lowest BCUT2D eigenvalue weighted by Gasteiger charge is -2.46. The van der Waals surface area contributed by atoms with Gasteiger partial charge in [0.25, 0.3) is 0 Å². The normalized spacial score (nSPS) is 21.0. The number of ether oxygens (including phenoxy) is 1. The van der Waals surface area contributed by atoms with E-state index in [0.29, 0.717) is 18.2 Å². The van der Waals surface area contributed by atoms with Crippen molar-refractivity contribution in [3.8, 4) is 0 Å². The monoisotopic (exact) mass is 436 g/mol. The third-order valence-corrected chi connectivity index (χ3v) is 7.09. The van der Waals surface area contributed by atoms with E-state index in [1.165, 1.54) is 0 Å². The second-order valence-corrected chi connectivity index (χ2v) is 9.72. The van der Waals surface area contributed by atoms with Gasteiger partial charge in [0.05, 0.1) is 12.0 Å². The van der Waals surface area contributed by atoms with E-state index >= 15 is 0 Å². The van der Waals surface area contributed by atoms with Gasteiger partial charge in [-0.3, -0.25) is 4.79 Å². The molecule has 1 spiro atoms. The Bertz CT molecular complexity index is 1080. The average Bonchev–Trinajstić information content (AvgIpc) is 3.42. The van der Waals surface area contributed by atoms with Crippen LogP contribution in [0.1, 0.15) is 62.7 Å². The van der Waals surface area contributed by atoms with Gasteiger partial charge in [0.2, 0.25) is 11.8 Å². The molecule has 3 aromatic rings. The number of nitrogens with one attached hydrogen (secondary N) is 1. The van der Waals surface area contributed by atoms with Gasteiger partial charge in [-0.05, 0) is 43.2 Å². The Morgan fingerprint density at radius 2 is 2.09 bits per heavy atom. The molecule has 2 fully saturated rings. The number of amides is 1. The van der Waals surface area contributed by atoms with E-state index in [1.807, 2.05) is 29.3 Å². The summed E-state index contributed by atoms with van der Waals surface area (Å²) < 4.78 is 11.7. The highest BCUT2D eigenvalue weighted by Gasteiger charge is 2.41. The Kier molecular flexibility index (Phi) is 5.76. The minimum atomic E-state index is -0.120. The fourth-order valence-corrected chi connectivity index (χ4v) is 5.21. The minimum absolute atomic E-state index is 0.120. The zero-order chi connectivity index (χ0) is 22.1. The molecule has 1 unspecified atom stereocenters. The summed E-state index contributed by atoms with van der Waals surface area (Å²) in [6, 6.07) is 8.14. The Morgan fingerprint density at radius 3 is 2.88 bits per heavy atom. The molecule has 0 radical (unpaired) electrons. The first kappa shape index (κ1) is 21.2. The smallest absolute Gasteiger partial charge is 0.229 e. The molecule has 170 valence electrons. The summed E-state index contributed by atoms with van der Waals surface area (Å²) in [6.45, 7) is 6.41. The second-order valence-electron chi connectivity index (χ2n) is 9.72. The second kappa shape index (κ2) is 8.70. The van der Waals surface area contributed by atoms with Crippen molar-refractivity contribution in [3.63, 3.8) is 0 Å². The van der Waals surface area contributed by atoms with E-state index < -0.39 is 0 Å². The van der Waals surface area contributed by atoms with Crippen molar-refractivity contribution in [2.45, 2.75) is 63.9 Å². The first-order chi connectivity index (χ1) is 15.5. The molecule has 1 N–H and O–H groups in total. The third-order valence-electron chi connectivity index (χ3n) is 7.09. The van der Waals surface area contributed by atoms with Gasteiger partial charge in [0, 0.05) is 49.1 Å². The van der Waals surface area contributed by atoms with E-state index in [4.69, 9.17) is 9.26 Å². The molecule has 0 saturated carbocycles. The van der Waals surface area contributed by atoms with Gasteiger partial charge in [-0.25, -0.2) is 0 Å². The molecule has 1 aromatic carbocycles. The lowest BCUT2D eigenvalue weighted by atomic mass is 9.78. The van der Waals surface area contributed by atoms with Crippen LogP contribution in [-0.2, 0) is 22.4 Å². The summed E-state index contributed by atoms with van der Waals surface area (Å²) in [5.41, 5.74) is 2.03. The number of carbonyl (C=O) groups is 1. The number of para-hydroxylation sites is 1. The van der Waals surface area contributed by atoms with Crippen LogP contribution < -0.4 is 0 Å². The number of aromatic amines is 1. The first-order valence-electron chi connectivity index (χ1n) is 11.8. The molecular formula is C25H32N4O3. The summed E-state index contributed by atoms with van der Waals surface area (Å²) in [5, 5.41) is 5.31. The summed E-state index contributed by atoms with van der Waals surface area (Å²) in [6.07, 6.45) is 7.06. The van der Waals surface area contributed by atoms with E-state index in [-0.39, 0.29) is 17.4 Å². The van der Waals surface area contributed by atoms with Crippen LogP contribution in [0.3, 0.4) is 0 Å². The maximum Gasteiger partial charge on any atom is 0.229 e. The summed E-state index contributed by atoms with van der Waals surface area (Å²) in [4.78, 5) is 22.8. The number of benzene rings is 1. The van der Waals surface area contributed by atoms with Crippen molar-refractivity contribution in [2.75, 3.05) is 19.7 Å². The van der Waals surface area contributed by atoms with Crippen LogP contribution in [0.15, 0.2) is 35.0 Å². The molecule has 0 bridgehead atoms. The van der Waals surface area contributed by atoms with Gasteiger partial charge in [0.1, 0.15) is 0 Å². The van der Waals surface area contributed by atoms with Crippen LogP contribution in [0.5, 0.6) is 0 Å². The average molecular weight is 437 g/mol. The van der Waals surface area contributed by atoms with Gasteiger partial charge in [-0.2, -0.15) is 4.98 Å². The highest BCUT2D eigenvalue weighted by atomic mass is 16.5. The fourth-order valence-electron chi connectivity index (χ4n) is 5.21. The highest BCUT2D eigenvalue weighted by Crippen LogP contribution is 2.39. The van der Waals surface area contributed by atoms with Gasteiger partial charge in [-0.15, -0.1) is 0 Å². The van der Waals surface area contributed by atoms with Crippen molar-refractivity contribution in [3.05, 3.63) is 47.7 Å². The van der Waals surface area contributed by atoms with Gasteiger partial charge in [-0.1, -0.05) is 37.2 Å². The molecule has 0 aliphatic carbocycles. The quantitative estimate of drug-likeness (QED) is 0.646. The van der Waals surface area contributed by atoms with Crippen LogP contribution in [0.4, 0.5) is 0 Å². The molecule has 2 saturated heterocycles. The first-order valence-corrected chi connectivity index (χ1v) is 11.8. The van der Waals surface area contributed by atoms with Crippen molar-refractivity contribution in [1.82, 2.24) is 20.0 Å². The maximum absolute atomic E-state index is 13.0. The molecule has 7 nitrogen and oxygen atoms in total. The molecule has 2 aliphatic rings. The molecule has 4 heterocycles. The summed E-state index contributed by atoms with van der Waals surface area (Å²) >= 11 is 0. The number of carbonyl (C=O) groups excluding carboxylic acids is 1. The molecule has 2 aliphatic heterocycles. The van der Waals surface area contributed by atoms with Crippen LogP contribution in [0, 0.1) is 5.92 Å². The molecule has 2 aromatic heterocycles. The van der Waals surface area contributed by atoms with E-state index in [9.17, 15) is 4.79 Å². The number of hydrogen-bond donors (Lipinski definition) is 1. The number of aromatic nitrogens is 3.